The lowest BCUT2D eigenvalue weighted by molar-refractivity contribution is 0.144. The van der Waals surface area contributed by atoms with Gasteiger partial charge in [0.2, 0.25) is 5.43 Å². The second-order valence-corrected chi connectivity index (χ2v) is 5.19. The third-order valence-corrected chi connectivity index (χ3v) is 3.57. The maximum absolute atomic E-state index is 14.2. The van der Waals surface area contributed by atoms with Gasteiger partial charge in [0, 0.05) is 11.6 Å². The van der Waals surface area contributed by atoms with Crippen LogP contribution in [-0.2, 0) is 6.54 Å². The van der Waals surface area contributed by atoms with Crippen LogP contribution in [0.25, 0.3) is 10.9 Å². The Morgan fingerprint density at radius 3 is 2.56 bits per heavy atom. The van der Waals surface area contributed by atoms with E-state index in [1.807, 2.05) is 0 Å². The molecule has 0 radical (unpaired) electrons. The minimum absolute atomic E-state index is 0.0240. The second-order valence-electron chi connectivity index (χ2n) is 5.19. The van der Waals surface area contributed by atoms with Crippen molar-refractivity contribution in [2.24, 2.45) is 0 Å². The standard InChI is InChI=1S/C17H10F3NO4/c18-10-5-4-9(13(20)6-10)7-21-8-14(25-17(23)24)16(22)11-2-1-3-12(19)15(11)21/h1-6,8H,7H2,(H,23,24). The molecular weight excluding hydrogens is 339 g/mol. The summed E-state index contributed by atoms with van der Waals surface area (Å²) in [6, 6.07) is 6.57. The number of carbonyl (C=O) groups is 1. The number of rotatable bonds is 3. The molecule has 0 saturated heterocycles. The molecule has 0 atom stereocenters. The summed E-state index contributed by atoms with van der Waals surface area (Å²) in [4.78, 5) is 23.0. The van der Waals surface area contributed by atoms with Gasteiger partial charge in [-0.1, -0.05) is 12.1 Å². The van der Waals surface area contributed by atoms with Crippen molar-refractivity contribution >= 4 is 17.1 Å². The third kappa shape index (κ3) is 3.18. The van der Waals surface area contributed by atoms with Crippen LogP contribution in [0, 0.1) is 17.5 Å². The lowest BCUT2D eigenvalue weighted by Crippen LogP contribution is -2.17. The predicted octanol–water partition coefficient (Wildman–Crippen LogP) is 3.52. The van der Waals surface area contributed by atoms with E-state index in [1.54, 1.807) is 0 Å². The van der Waals surface area contributed by atoms with E-state index >= 15 is 0 Å². The highest BCUT2D eigenvalue weighted by molar-refractivity contribution is 5.81. The zero-order chi connectivity index (χ0) is 18.1. The Morgan fingerprint density at radius 2 is 1.88 bits per heavy atom. The topological polar surface area (TPSA) is 68.5 Å². The summed E-state index contributed by atoms with van der Waals surface area (Å²) in [7, 11) is 0. The van der Waals surface area contributed by atoms with Gasteiger partial charge in [-0.15, -0.1) is 0 Å². The van der Waals surface area contributed by atoms with E-state index in [-0.39, 0.29) is 23.0 Å². The normalized spacial score (nSPS) is 10.8. The Balaban J connectivity index is 2.23. The van der Waals surface area contributed by atoms with Crippen LogP contribution in [-0.4, -0.2) is 15.8 Å². The molecule has 0 amide bonds. The molecule has 0 unspecified atom stereocenters. The first kappa shape index (κ1) is 16.6. The van der Waals surface area contributed by atoms with Crippen LogP contribution in [0.5, 0.6) is 5.75 Å². The average Bonchev–Trinajstić information content (AvgIpc) is 2.54. The highest BCUT2D eigenvalue weighted by Gasteiger charge is 2.16. The van der Waals surface area contributed by atoms with Crippen molar-refractivity contribution < 1.29 is 27.8 Å². The van der Waals surface area contributed by atoms with Crippen LogP contribution in [0.1, 0.15) is 5.56 Å². The molecule has 128 valence electrons. The summed E-state index contributed by atoms with van der Waals surface area (Å²) in [5.41, 5.74) is -0.933. The smallest absolute Gasteiger partial charge is 0.449 e. The summed E-state index contributed by atoms with van der Waals surface area (Å²) < 4.78 is 46.7. The van der Waals surface area contributed by atoms with Gasteiger partial charge in [-0.05, 0) is 18.2 Å². The van der Waals surface area contributed by atoms with E-state index < -0.39 is 34.8 Å². The molecule has 0 aliphatic carbocycles. The molecule has 1 N–H and O–H groups in total. The maximum atomic E-state index is 14.2. The SMILES string of the molecule is O=C(O)Oc1cn(Cc2ccc(F)cc2F)c2c(F)cccc2c1=O. The van der Waals surface area contributed by atoms with E-state index in [0.717, 1.165) is 22.9 Å². The summed E-state index contributed by atoms with van der Waals surface area (Å²) in [5, 5.41) is 8.60. The highest BCUT2D eigenvalue weighted by Crippen LogP contribution is 2.21. The van der Waals surface area contributed by atoms with Gasteiger partial charge in [0.1, 0.15) is 17.5 Å². The second kappa shape index (κ2) is 6.31. The van der Waals surface area contributed by atoms with Gasteiger partial charge in [0.15, 0.2) is 5.75 Å². The van der Waals surface area contributed by atoms with Crippen molar-refractivity contribution in [1.29, 1.82) is 0 Å². The van der Waals surface area contributed by atoms with Gasteiger partial charge in [-0.3, -0.25) is 4.79 Å². The molecule has 3 rings (SSSR count). The zero-order valence-corrected chi connectivity index (χ0v) is 12.5. The van der Waals surface area contributed by atoms with Crippen molar-refractivity contribution in [3.8, 4) is 5.75 Å². The van der Waals surface area contributed by atoms with E-state index in [1.165, 1.54) is 18.2 Å². The van der Waals surface area contributed by atoms with Gasteiger partial charge >= 0.3 is 6.16 Å². The zero-order valence-electron chi connectivity index (χ0n) is 12.5. The number of carboxylic acid groups (broad SMARTS) is 1. The van der Waals surface area contributed by atoms with Crippen LogP contribution in [0.4, 0.5) is 18.0 Å². The van der Waals surface area contributed by atoms with Crippen LogP contribution in [0.2, 0.25) is 0 Å². The number of hydrogen-bond acceptors (Lipinski definition) is 3. The third-order valence-electron chi connectivity index (χ3n) is 3.57. The van der Waals surface area contributed by atoms with E-state index in [4.69, 9.17) is 5.11 Å². The molecule has 0 spiro atoms. The molecule has 2 aromatic carbocycles. The molecule has 8 heteroatoms. The van der Waals surface area contributed by atoms with Crippen molar-refractivity contribution in [1.82, 2.24) is 4.57 Å². The molecule has 1 heterocycles. The maximum Gasteiger partial charge on any atom is 0.511 e. The fourth-order valence-electron chi connectivity index (χ4n) is 2.51. The highest BCUT2D eigenvalue weighted by atomic mass is 19.1. The van der Waals surface area contributed by atoms with Gasteiger partial charge < -0.3 is 14.4 Å². The summed E-state index contributed by atoms with van der Waals surface area (Å²) in [6.07, 6.45) is -0.739. The lowest BCUT2D eigenvalue weighted by atomic mass is 10.1. The fourth-order valence-corrected chi connectivity index (χ4v) is 2.51. The molecule has 0 bridgehead atoms. The number of ether oxygens (including phenoxy) is 1. The largest absolute Gasteiger partial charge is 0.511 e. The van der Waals surface area contributed by atoms with Gasteiger partial charge in [0.05, 0.1) is 23.6 Å². The van der Waals surface area contributed by atoms with Crippen LogP contribution in [0.3, 0.4) is 0 Å². The van der Waals surface area contributed by atoms with E-state index in [2.05, 4.69) is 4.74 Å². The Hall–Kier alpha value is -3.29. The Kier molecular flexibility index (Phi) is 4.18. The van der Waals surface area contributed by atoms with Crippen molar-refractivity contribution in [2.75, 3.05) is 0 Å². The van der Waals surface area contributed by atoms with E-state index in [9.17, 15) is 22.8 Å². The summed E-state index contributed by atoms with van der Waals surface area (Å²) in [5.74, 6) is -2.93. The Labute approximate surface area is 138 Å². The minimum atomic E-state index is -1.72. The molecule has 25 heavy (non-hydrogen) atoms. The number of benzene rings is 2. The molecule has 3 aromatic rings. The molecule has 1 aromatic heterocycles. The van der Waals surface area contributed by atoms with Gasteiger partial charge in [0.25, 0.3) is 0 Å². The average molecular weight is 349 g/mol. The molecule has 0 aliphatic heterocycles. The number of hydrogen-bond donors (Lipinski definition) is 1. The predicted molar refractivity (Wildman–Crippen MR) is 82.3 cm³/mol. The Morgan fingerprint density at radius 1 is 1.12 bits per heavy atom. The number of fused-ring (bicyclic) bond motifs is 1. The molecular formula is C17H10F3NO4. The monoisotopic (exact) mass is 349 g/mol. The summed E-state index contributed by atoms with van der Waals surface area (Å²) >= 11 is 0. The minimum Gasteiger partial charge on any atom is -0.449 e. The molecule has 5 nitrogen and oxygen atoms in total. The quantitative estimate of drug-likeness (QED) is 0.735. The van der Waals surface area contributed by atoms with Crippen LogP contribution < -0.4 is 10.2 Å². The lowest BCUT2D eigenvalue weighted by Gasteiger charge is -2.14. The number of nitrogens with zero attached hydrogens (tertiary/aromatic N) is 1. The summed E-state index contributed by atoms with van der Waals surface area (Å²) in [6.45, 7) is -0.264. The number of aromatic nitrogens is 1. The molecule has 0 saturated carbocycles. The molecule has 0 fully saturated rings. The van der Waals surface area contributed by atoms with Crippen molar-refractivity contribution in [3.05, 3.63) is 75.8 Å². The van der Waals surface area contributed by atoms with Gasteiger partial charge in [-0.2, -0.15) is 0 Å². The number of para-hydroxylation sites is 1. The van der Waals surface area contributed by atoms with Crippen molar-refractivity contribution in [2.45, 2.75) is 6.54 Å². The van der Waals surface area contributed by atoms with Crippen molar-refractivity contribution in [3.63, 3.8) is 0 Å². The van der Waals surface area contributed by atoms with E-state index in [0.29, 0.717) is 6.07 Å². The fraction of sp³-hybridized carbons (Fsp3) is 0.0588. The van der Waals surface area contributed by atoms with Crippen LogP contribution >= 0.6 is 0 Å². The number of pyridine rings is 1. The molecule has 0 aliphatic rings. The first-order valence-electron chi connectivity index (χ1n) is 7.03. The van der Waals surface area contributed by atoms with Gasteiger partial charge in [-0.25, -0.2) is 18.0 Å². The first-order chi connectivity index (χ1) is 11.9. The first-order valence-corrected chi connectivity index (χ1v) is 7.03. The number of halogens is 3. The van der Waals surface area contributed by atoms with Crippen LogP contribution in [0.15, 0.2) is 47.4 Å². The Bertz CT molecular complexity index is 1050.